The standard InChI is InChI=1S/C8H13IN2O2S/c1-2-4-14(12,13)5-3-11-7-8(9)6-10-11/h6-7H,2-5H2,1H3. The Labute approximate surface area is 97.8 Å². The minimum Gasteiger partial charge on any atom is -0.271 e. The van der Waals surface area contributed by atoms with E-state index in [-0.39, 0.29) is 11.5 Å². The molecule has 80 valence electrons. The lowest BCUT2D eigenvalue weighted by molar-refractivity contribution is 0.579. The fraction of sp³-hybridized carbons (Fsp3) is 0.625. The van der Waals surface area contributed by atoms with Crippen molar-refractivity contribution in [3.8, 4) is 0 Å². The normalized spacial score (nSPS) is 11.9. The van der Waals surface area contributed by atoms with Crippen LogP contribution in [0, 0.1) is 3.57 Å². The number of nitrogens with zero attached hydrogens (tertiary/aromatic N) is 2. The van der Waals surface area contributed by atoms with Gasteiger partial charge in [0.05, 0.1) is 22.1 Å². The summed E-state index contributed by atoms with van der Waals surface area (Å²) in [5, 5.41) is 4.02. The van der Waals surface area contributed by atoms with Crippen molar-refractivity contribution in [3.63, 3.8) is 0 Å². The number of hydrogen-bond acceptors (Lipinski definition) is 3. The van der Waals surface area contributed by atoms with E-state index >= 15 is 0 Å². The van der Waals surface area contributed by atoms with Gasteiger partial charge in [-0.05, 0) is 29.0 Å². The van der Waals surface area contributed by atoms with Gasteiger partial charge in [0, 0.05) is 11.9 Å². The third kappa shape index (κ3) is 3.95. The van der Waals surface area contributed by atoms with Crippen molar-refractivity contribution in [1.29, 1.82) is 0 Å². The van der Waals surface area contributed by atoms with E-state index in [4.69, 9.17) is 0 Å². The van der Waals surface area contributed by atoms with Crippen molar-refractivity contribution >= 4 is 32.4 Å². The molecule has 0 saturated carbocycles. The van der Waals surface area contributed by atoms with Gasteiger partial charge in [0.1, 0.15) is 0 Å². The number of sulfone groups is 1. The van der Waals surface area contributed by atoms with Crippen molar-refractivity contribution in [3.05, 3.63) is 16.0 Å². The summed E-state index contributed by atoms with van der Waals surface area (Å²) in [4.78, 5) is 0. The molecule has 0 amide bonds. The quantitative estimate of drug-likeness (QED) is 0.766. The predicted molar refractivity (Wildman–Crippen MR) is 63.9 cm³/mol. The molecule has 1 aromatic rings. The van der Waals surface area contributed by atoms with Gasteiger partial charge in [0.25, 0.3) is 0 Å². The number of rotatable bonds is 5. The van der Waals surface area contributed by atoms with Crippen molar-refractivity contribution in [2.75, 3.05) is 11.5 Å². The monoisotopic (exact) mass is 328 g/mol. The van der Waals surface area contributed by atoms with Gasteiger partial charge in [-0.2, -0.15) is 5.10 Å². The second-order valence-corrected chi connectivity index (χ2v) is 6.62. The van der Waals surface area contributed by atoms with E-state index in [1.807, 2.05) is 13.1 Å². The number of aryl methyl sites for hydroxylation is 1. The Morgan fingerprint density at radius 3 is 2.71 bits per heavy atom. The van der Waals surface area contributed by atoms with Crippen LogP contribution in [0.5, 0.6) is 0 Å². The summed E-state index contributed by atoms with van der Waals surface area (Å²) in [6, 6.07) is 0. The van der Waals surface area contributed by atoms with Crippen molar-refractivity contribution in [1.82, 2.24) is 9.78 Å². The summed E-state index contributed by atoms with van der Waals surface area (Å²) < 4.78 is 25.4. The zero-order valence-corrected chi connectivity index (χ0v) is 11.0. The number of aromatic nitrogens is 2. The first-order valence-corrected chi connectivity index (χ1v) is 7.32. The molecule has 14 heavy (non-hydrogen) atoms. The minimum atomic E-state index is -2.88. The summed E-state index contributed by atoms with van der Waals surface area (Å²) in [7, 11) is -2.88. The fourth-order valence-electron chi connectivity index (χ4n) is 1.11. The van der Waals surface area contributed by atoms with Crippen molar-refractivity contribution in [2.24, 2.45) is 0 Å². The van der Waals surface area contributed by atoms with E-state index in [1.54, 1.807) is 10.9 Å². The minimum absolute atomic E-state index is 0.179. The molecule has 1 heterocycles. The fourth-order valence-corrected chi connectivity index (χ4v) is 2.84. The Hall–Kier alpha value is -0.110. The van der Waals surface area contributed by atoms with Crippen LogP contribution in [0.4, 0.5) is 0 Å². The van der Waals surface area contributed by atoms with Crippen LogP contribution in [0.1, 0.15) is 13.3 Å². The average molecular weight is 328 g/mol. The third-order valence-corrected chi connectivity index (χ3v) is 4.14. The first kappa shape index (κ1) is 12.0. The van der Waals surface area contributed by atoms with Crippen LogP contribution in [-0.2, 0) is 16.4 Å². The van der Waals surface area contributed by atoms with E-state index in [0.29, 0.717) is 13.0 Å². The van der Waals surface area contributed by atoms with Crippen LogP contribution in [0.25, 0.3) is 0 Å². The zero-order valence-electron chi connectivity index (χ0n) is 7.98. The van der Waals surface area contributed by atoms with E-state index in [0.717, 1.165) is 3.57 Å². The largest absolute Gasteiger partial charge is 0.271 e. The highest BCUT2D eigenvalue weighted by Gasteiger charge is 2.09. The van der Waals surface area contributed by atoms with E-state index in [1.165, 1.54) is 0 Å². The van der Waals surface area contributed by atoms with Crippen molar-refractivity contribution < 1.29 is 8.42 Å². The van der Waals surface area contributed by atoms with Crippen LogP contribution in [0.15, 0.2) is 12.4 Å². The van der Waals surface area contributed by atoms with Crippen LogP contribution < -0.4 is 0 Å². The highest BCUT2D eigenvalue weighted by atomic mass is 127. The lowest BCUT2D eigenvalue weighted by Gasteiger charge is -2.02. The van der Waals surface area contributed by atoms with E-state index in [2.05, 4.69) is 27.7 Å². The van der Waals surface area contributed by atoms with Gasteiger partial charge in [0.15, 0.2) is 9.84 Å². The Morgan fingerprint density at radius 2 is 2.21 bits per heavy atom. The number of hydrogen-bond donors (Lipinski definition) is 0. The third-order valence-electron chi connectivity index (χ3n) is 1.75. The van der Waals surface area contributed by atoms with E-state index in [9.17, 15) is 8.42 Å². The Bertz CT molecular complexity index is 386. The molecule has 0 unspecified atom stereocenters. The van der Waals surface area contributed by atoms with Gasteiger partial charge in [-0.1, -0.05) is 6.92 Å². The van der Waals surface area contributed by atoms with Crippen LogP contribution >= 0.6 is 22.6 Å². The highest BCUT2D eigenvalue weighted by Crippen LogP contribution is 2.02. The molecule has 1 rings (SSSR count). The summed E-state index contributed by atoms with van der Waals surface area (Å²) in [5.41, 5.74) is 0. The van der Waals surface area contributed by atoms with Gasteiger partial charge in [-0.3, -0.25) is 4.68 Å². The Balaban J connectivity index is 2.48. The molecule has 0 N–H and O–H groups in total. The van der Waals surface area contributed by atoms with Gasteiger partial charge in [-0.15, -0.1) is 0 Å². The summed E-state index contributed by atoms with van der Waals surface area (Å²) >= 11 is 2.15. The van der Waals surface area contributed by atoms with Gasteiger partial charge < -0.3 is 0 Å². The van der Waals surface area contributed by atoms with Crippen molar-refractivity contribution in [2.45, 2.75) is 19.9 Å². The molecule has 0 aliphatic carbocycles. The molecule has 1 aromatic heterocycles. The maximum Gasteiger partial charge on any atom is 0.152 e. The maximum absolute atomic E-state index is 11.4. The smallest absolute Gasteiger partial charge is 0.152 e. The van der Waals surface area contributed by atoms with Gasteiger partial charge in [0.2, 0.25) is 0 Å². The molecule has 0 radical (unpaired) electrons. The number of halogens is 1. The Kier molecular flexibility index (Phi) is 4.36. The molecule has 0 spiro atoms. The molecule has 0 saturated heterocycles. The second kappa shape index (κ2) is 5.11. The SMILES string of the molecule is CCCS(=O)(=O)CCn1cc(I)cn1. The summed E-state index contributed by atoms with van der Waals surface area (Å²) in [6.07, 6.45) is 4.23. The maximum atomic E-state index is 11.4. The lowest BCUT2D eigenvalue weighted by atomic mass is 10.6. The van der Waals surface area contributed by atoms with Gasteiger partial charge >= 0.3 is 0 Å². The molecule has 6 heteroatoms. The molecule has 0 bridgehead atoms. The first-order chi connectivity index (χ1) is 6.53. The van der Waals surface area contributed by atoms with Crippen LogP contribution in [0.3, 0.4) is 0 Å². The van der Waals surface area contributed by atoms with Crippen LogP contribution in [-0.4, -0.2) is 29.7 Å². The summed E-state index contributed by atoms with van der Waals surface area (Å²) in [5.74, 6) is 0.448. The molecule has 4 nitrogen and oxygen atoms in total. The zero-order chi connectivity index (χ0) is 10.6. The molecule has 0 fully saturated rings. The second-order valence-electron chi connectivity index (χ2n) is 3.07. The molecule has 0 atom stereocenters. The highest BCUT2D eigenvalue weighted by molar-refractivity contribution is 14.1. The topological polar surface area (TPSA) is 52.0 Å². The Morgan fingerprint density at radius 1 is 1.50 bits per heavy atom. The lowest BCUT2D eigenvalue weighted by Crippen LogP contribution is -2.15. The van der Waals surface area contributed by atoms with E-state index < -0.39 is 9.84 Å². The van der Waals surface area contributed by atoms with Gasteiger partial charge in [-0.25, -0.2) is 8.42 Å². The molecule has 0 aliphatic rings. The van der Waals surface area contributed by atoms with Crippen LogP contribution in [0.2, 0.25) is 0 Å². The molecule has 0 aromatic carbocycles. The summed E-state index contributed by atoms with van der Waals surface area (Å²) in [6.45, 7) is 2.32. The molecular weight excluding hydrogens is 315 g/mol. The molecular formula is C8H13IN2O2S. The average Bonchev–Trinajstić information content (AvgIpc) is 2.48. The first-order valence-electron chi connectivity index (χ1n) is 4.42. The predicted octanol–water partition coefficient (Wildman–Crippen LogP) is 1.31. The molecule has 0 aliphatic heterocycles.